The molecular formula is C29H29NO. The van der Waals surface area contributed by atoms with Crippen molar-refractivity contribution in [2.75, 3.05) is 13.1 Å². The molecule has 1 aliphatic heterocycles. The molecule has 0 saturated carbocycles. The molecule has 31 heavy (non-hydrogen) atoms. The van der Waals surface area contributed by atoms with Crippen LogP contribution < -0.4 is 0 Å². The van der Waals surface area contributed by atoms with E-state index in [4.69, 9.17) is 0 Å². The van der Waals surface area contributed by atoms with E-state index in [1.807, 2.05) is 36.4 Å². The van der Waals surface area contributed by atoms with Crippen LogP contribution >= 0.6 is 0 Å². The Morgan fingerprint density at radius 3 is 1.77 bits per heavy atom. The quantitative estimate of drug-likeness (QED) is 0.419. The average Bonchev–Trinajstić information content (AvgIpc) is 2.86. The minimum Gasteiger partial charge on any atom is -0.378 e. The lowest BCUT2D eigenvalue weighted by Crippen LogP contribution is -2.47. The van der Waals surface area contributed by atoms with Gasteiger partial charge >= 0.3 is 0 Å². The van der Waals surface area contributed by atoms with Crippen LogP contribution in [0.1, 0.15) is 42.0 Å². The molecule has 5 rings (SSSR count). The molecule has 1 fully saturated rings. The summed E-state index contributed by atoms with van der Waals surface area (Å²) in [6, 6.07) is 35.3. The van der Waals surface area contributed by atoms with Gasteiger partial charge in [0, 0.05) is 0 Å². The Hall–Kier alpha value is -2.94. The molecule has 0 amide bonds. The molecule has 1 atom stereocenters. The van der Waals surface area contributed by atoms with Crippen molar-refractivity contribution in [2.24, 2.45) is 0 Å². The maximum absolute atomic E-state index is 12.6. The van der Waals surface area contributed by atoms with E-state index >= 15 is 0 Å². The highest BCUT2D eigenvalue weighted by Gasteiger charge is 2.44. The van der Waals surface area contributed by atoms with Gasteiger partial charge < -0.3 is 5.11 Å². The number of aliphatic hydroxyl groups is 1. The lowest BCUT2D eigenvalue weighted by molar-refractivity contribution is -0.0298. The normalized spacial score (nSPS) is 16.3. The van der Waals surface area contributed by atoms with Gasteiger partial charge in [-0.3, -0.25) is 4.90 Å². The predicted octanol–water partition coefficient (Wildman–Crippen LogP) is 6.30. The molecular weight excluding hydrogens is 378 g/mol. The van der Waals surface area contributed by atoms with Gasteiger partial charge in [0.05, 0.1) is 6.04 Å². The van der Waals surface area contributed by atoms with E-state index in [9.17, 15) is 5.11 Å². The van der Waals surface area contributed by atoms with Crippen LogP contribution in [-0.4, -0.2) is 23.1 Å². The summed E-state index contributed by atoms with van der Waals surface area (Å²) in [7, 11) is 0. The van der Waals surface area contributed by atoms with Crippen molar-refractivity contribution >= 4 is 10.8 Å². The number of likely N-dealkylation sites (tertiary alicyclic amines) is 1. The molecule has 2 heteroatoms. The van der Waals surface area contributed by atoms with E-state index in [2.05, 4.69) is 71.6 Å². The van der Waals surface area contributed by atoms with Gasteiger partial charge in [-0.05, 0) is 59.5 Å². The van der Waals surface area contributed by atoms with Gasteiger partial charge in [0.25, 0.3) is 0 Å². The molecule has 156 valence electrons. The summed E-state index contributed by atoms with van der Waals surface area (Å²) in [6.07, 6.45) is 3.60. The van der Waals surface area contributed by atoms with Crippen LogP contribution in [0.4, 0.5) is 0 Å². The zero-order chi connectivity index (χ0) is 21.1. The number of piperidine rings is 1. The third-order valence-corrected chi connectivity index (χ3v) is 6.67. The van der Waals surface area contributed by atoms with Crippen molar-refractivity contribution in [3.63, 3.8) is 0 Å². The summed E-state index contributed by atoms with van der Waals surface area (Å²) in [5, 5.41) is 15.1. The van der Waals surface area contributed by atoms with E-state index in [1.165, 1.54) is 30.0 Å². The van der Waals surface area contributed by atoms with Gasteiger partial charge in [-0.2, -0.15) is 0 Å². The van der Waals surface area contributed by atoms with Crippen LogP contribution in [0, 0.1) is 0 Å². The summed E-state index contributed by atoms with van der Waals surface area (Å²) >= 11 is 0. The van der Waals surface area contributed by atoms with Crippen LogP contribution in [0.5, 0.6) is 0 Å². The Morgan fingerprint density at radius 2 is 1.16 bits per heavy atom. The minimum absolute atomic E-state index is 0.165. The summed E-state index contributed by atoms with van der Waals surface area (Å²) in [4.78, 5) is 2.49. The topological polar surface area (TPSA) is 23.5 Å². The summed E-state index contributed by atoms with van der Waals surface area (Å²) in [5.74, 6) is 0. The predicted molar refractivity (Wildman–Crippen MR) is 128 cm³/mol. The maximum atomic E-state index is 12.6. The molecule has 4 aromatic carbocycles. The second kappa shape index (κ2) is 8.66. The van der Waals surface area contributed by atoms with Crippen molar-refractivity contribution < 1.29 is 5.11 Å². The zero-order valence-electron chi connectivity index (χ0n) is 17.8. The number of fused-ring (bicyclic) bond motifs is 1. The SMILES string of the molecule is OC(c1ccccc1)(c1ccccc1)[C@@H](c1ccc2ccccc2c1)N1CCCCC1. The molecule has 1 heterocycles. The highest BCUT2D eigenvalue weighted by atomic mass is 16.3. The summed E-state index contributed by atoms with van der Waals surface area (Å²) < 4.78 is 0. The highest BCUT2D eigenvalue weighted by molar-refractivity contribution is 5.83. The van der Waals surface area contributed by atoms with Gasteiger partial charge in [-0.1, -0.05) is 103 Å². The fraction of sp³-hybridized carbons (Fsp3) is 0.241. The first-order chi connectivity index (χ1) is 15.3. The van der Waals surface area contributed by atoms with Gasteiger partial charge in [0.2, 0.25) is 0 Å². The van der Waals surface area contributed by atoms with Gasteiger partial charge in [-0.25, -0.2) is 0 Å². The maximum Gasteiger partial charge on any atom is 0.134 e. The van der Waals surface area contributed by atoms with E-state index in [1.54, 1.807) is 0 Å². The number of hydrogen-bond donors (Lipinski definition) is 1. The molecule has 0 unspecified atom stereocenters. The number of rotatable bonds is 5. The molecule has 0 radical (unpaired) electrons. The molecule has 2 nitrogen and oxygen atoms in total. The van der Waals surface area contributed by atoms with Crippen LogP contribution in [0.2, 0.25) is 0 Å². The average molecular weight is 408 g/mol. The Balaban J connectivity index is 1.74. The van der Waals surface area contributed by atoms with Crippen molar-refractivity contribution in [3.8, 4) is 0 Å². The van der Waals surface area contributed by atoms with Crippen LogP contribution in [0.25, 0.3) is 10.8 Å². The standard InChI is InChI=1S/C29H29NO/c31-29(26-14-4-1-5-15-26,27-16-6-2-7-17-27)28(30-20-10-3-11-21-30)25-19-18-23-12-8-9-13-24(23)22-25/h1-2,4-9,12-19,22,28,31H,3,10-11,20-21H2/t28-/m1/s1. The Morgan fingerprint density at radius 1 is 0.613 bits per heavy atom. The van der Waals surface area contributed by atoms with Gasteiger partial charge in [0.1, 0.15) is 5.60 Å². The number of benzene rings is 4. The smallest absolute Gasteiger partial charge is 0.134 e. The van der Waals surface area contributed by atoms with E-state index in [0.29, 0.717) is 0 Å². The van der Waals surface area contributed by atoms with Crippen molar-refractivity contribution in [2.45, 2.75) is 30.9 Å². The Labute approximate surface area is 184 Å². The second-order valence-corrected chi connectivity index (χ2v) is 8.60. The third-order valence-electron chi connectivity index (χ3n) is 6.67. The zero-order valence-corrected chi connectivity index (χ0v) is 17.8. The summed E-state index contributed by atoms with van der Waals surface area (Å²) in [5.41, 5.74) is 1.88. The molecule has 0 bridgehead atoms. The molecule has 4 aromatic rings. The van der Waals surface area contributed by atoms with Gasteiger partial charge in [0.15, 0.2) is 0 Å². The Kier molecular flexibility index (Phi) is 5.59. The fourth-order valence-electron chi connectivity index (χ4n) is 5.14. The third kappa shape index (κ3) is 3.78. The number of hydrogen-bond acceptors (Lipinski definition) is 2. The first-order valence-corrected chi connectivity index (χ1v) is 11.3. The van der Waals surface area contributed by atoms with Crippen LogP contribution in [0.3, 0.4) is 0 Å². The fourth-order valence-corrected chi connectivity index (χ4v) is 5.14. The number of nitrogens with zero attached hydrogens (tertiary/aromatic N) is 1. The first-order valence-electron chi connectivity index (χ1n) is 11.3. The second-order valence-electron chi connectivity index (χ2n) is 8.60. The highest BCUT2D eigenvalue weighted by Crippen LogP contribution is 2.45. The largest absolute Gasteiger partial charge is 0.378 e. The van der Waals surface area contributed by atoms with Crippen molar-refractivity contribution in [3.05, 3.63) is 120 Å². The minimum atomic E-state index is -1.15. The molecule has 0 aromatic heterocycles. The molecule has 1 aliphatic rings. The Bertz CT molecular complexity index is 1090. The van der Waals surface area contributed by atoms with Crippen LogP contribution in [0.15, 0.2) is 103 Å². The van der Waals surface area contributed by atoms with E-state index in [0.717, 1.165) is 29.8 Å². The molecule has 1 N–H and O–H groups in total. The van der Waals surface area contributed by atoms with E-state index in [-0.39, 0.29) is 6.04 Å². The lowest BCUT2D eigenvalue weighted by atomic mass is 9.75. The first kappa shape index (κ1) is 20.0. The van der Waals surface area contributed by atoms with Crippen molar-refractivity contribution in [1.29, 1.82) is 0 Å². The van der Waals surface area contributed by atoms with Crippen molar-refractivity contribution in [1.82, 2.24) is 4.90 Å². The molecule has 1 saturated heterocycles. The van der Waals surface area contributed by atoms with Gasteiger partial charge in [-0.15, -0.1) is 0 Å². The molecule has 0 aliphatic carbocycles. The van der Waals surface area contributed by atoms with Crippen LogP contribution in [-0.2, 0) is 5.60 Å². The van der Waals surface area contributed by atoms with E-state index < -0.39 is 5.60 Å². The monoisotopic (exact) mass is 407 g/mol. The lowest BCUT2D eigenvalue weighted by Gasteiger charge is -2.45. The summed E-state index contributed by atoms with van der Waals surface area (Å²) in [6.45, 7) is 2.00. The molecule has 0 spiro atoms.